The SMILES string of the molecule is Cc1cccc(CNS(=O)(=O)c2cc(N)cs2)c1. The first kappa shape index (κ1) is 13.1. The molecular weight excluding hydrogens is 268 g/mol. The molecule has 1 heterocycles. The lowest BCUT2D eigenvalue weighted by atomic mass is 10.1. The lowest BCUT2D eigenvalue weighted by Gasteiger charge is -2.05. The number of nitrogens with two attached hydrogens (primary N) is 1. The second-order valence-electron chi connectivity index (χ2n) is 4.01. The van der Waals surface area contributed by atoms with Crippen molar-refractivity contribution in [3.05, 3.63) is 46.8 Å². The summed E-state index contributed by atoms with van der Waals surface area (Å²) in [7, 11) is -3.46. The predicted octanol–water partition coefficient (Wildman–Crippen LogP) is 2.12. The van der Waals surface area contributed by atoms with Crippen molar-refractivity contribution in [2.75, 3.05) is 5.73 Å². The molecule has 0 unspecified atom stereocenters. The first-order chi connectivity index (χ1) is 8.47. The first-order valence-electron chi connectivity index (χ1n) is 5.36. The van der Waals surface area contributed by atoms with E-state index in [1.165, 1.54) is 6.07 Å². The van der Waals surface area contributed by atoms with Crippen LogP contribution in [0.4, 0.5) is 5.69 Å². The van der Waals surface area contributed by atoms with Gasteiger partial charge in [-0.15, -0.1) is 11.3 Å². The fourth-order valence-corrected chi connectivity index (χ4v) is 3.69. The van der Waals surface area contributed by atoms with Gasteiger partial charge < -0.3 is 5.73 Å². The summed E-state index contributed by atoms with van der Waals surface area (Å²) in [6, 6.07) is 9.17. The molecule has 2 aromatic rings. The highest BCUT2D eigenvalue weighted by molar-refractivity contribution is 7.91. The summed E-state index contributed by atoms with van der Waals surface area (Å²) in [5.74, 6) is 0. The van der Waals surface area contributed by atoms with Gasteiger partial charge in [0.15, 0.2) is 0 Å². The van der Waals surface area contributed by atoms with Crippen molar-refractivity contribution in [3.8, 4) is 0 Å². The van der Waals surface area contributed by atoms with E-state index in [-0.39, 0.29) is 10.8 Å². The number of hydrogen-bond donors (Lipinski definition) is 2. The summed E-state index contributed by atoms with van der Waals surface area (Å²) in [4.78, 5) is 0. The van der Waals surface area contributed by atoms with E-state index in [1.54, 1.807) is 5.38 Å². The molecule has 4 nitrogen and oxygen atoms in total. The van der Waals surface area contributed by atoms with Gasteiger partial charge in [0.1, 0.15) is 4.21 Å². The third kappa shape index (κ3) is 3.10. The maximum absolute atomic E-state index is 11.9. The molecule has 6 heteroatoms. The summed E-state index contributed by atoms with van der Waals surface area (Å²) in [6.07, 6.45) is 0. The molecule has 0 amide bonds. The average Bonchev–Trinajstić information content (AvgIpc) is 2.74. The topological polar surface area (TPSA) is 72.2 Å². The van der Waals surface area contributed by atoms with E-state index in [0.29, 0.717) is 5.69 Å². The summed E-state index contributed by atoms with van der Waals surface area (Å²) < 4.78 is 26.7. The Bertz CT molecular complexity index is 648. The minimum absolute atomic E-state index is 0.243. The predicted molar refractivity (Wildman–Crippen MR) is 73.9 cm³/mol. The normalized spacial score (nSPS) is 11.6. The van der Waals surface area contributed by atoms with Gasteiger partial charge in [-0.05, 0) is 18.6 Å². The molecule has 0 spiro atoms. The van der Waals surface area contributed by atoms with Gasteiger partial charge in [-0.1, -0.05) is 29.8 Å². The average molecular weight is 282 g/mol. The minimum Gasteiger partial charge on any atom is -0.398 e. The van der Waals surface area contributed by atoms with Gasteiger partial charge in [0.2, 0.25) is 10.0 Å². The number of nitrogens with one attached hydrogen (secondary N) is 1. The van der Waals surface area contributed by atoms with E-state index in [1.807, 2.05) is 31.2 Å². The lowest BCUT2D eigenvalue weighted by Crippen LogP contribution is -2.22. The highest BCUT2D eigenvalue weighted by atomic mass is 32.2. The molecule has 0 saturated heterocycles. The molecule has 0 fully saturated rings. The smallest absolute Gasteiger partial charge is 0.250 e. The third-order valence-electron chi connectivity index (χ3n) is 2.41. The van der Waals surface area contributed by atoms with Crippen LogP contribution in [0.5, 0.6) is 0 Å². The monoisotopic (exact) mass is 282 g/mol. The largest absolute Gasteiger partial charge is 0.398 e. The molecule has 0 aliphatic heterocycles. The van der Waals surface area contributed by atoms with Crippen LogP contribution in [0.15, 0.2) is 39.9 Å². The van der Waals surface area contributed by atoms with E-state index >= 15 is 0 Å². The number of rotatable bonds is 4. The van der Waals surface area contributed by atoms with Gasteiger partial charge in [-0.25, -0.2) is 13.1 Å². The van der Waals surface area contributed by atoms with Crippen molar-refractivity contribution in [1.29, 1.82) is 0 Å². The molecule has 0 bridgehead atoms. The Balaban J connectivity index is 2.10. The van der Waals surface area contributed by atoms with Crippen LogP contribution in [0, 0.1) is 6.92 Å². The number of sulfonamides is 1. The summed E-state index contributed by atoms with van der Waals surface area (Å²) in [6.45, 7) is 2.25. The van der Waals surface area contributed by atoms with Gasteiger partial charge in [-0.3, -0.25) is 0 Å². The number of hydrogen-bond acceptors (Lipinski definition) is 4. The standard InChI is InChI=1S/C12H14N2O2S2/c1-9-3-2-4-10(5-9)7-14-18(15,16)12-6-11(13)8-17-12/h2-6,8,14H,7,13H2,1H3. The van der Waals surface area contributed by atoms with Gasteiger partial charge in [0.25, 0.3) is 0 Å². The van der Waals surface area contributed by atoms with Crippen molar-refractivity contribution in [3.63, 3.8) is 0 Å². The Morgan fingerprint density at radius 1 is 1.33 bits per heavy atom. The Kier molecular flexibility index (Phi) is 3.70. The number of benzene rings is 1. The molecule has 2 rings (SSSR count). The molecule has 0 aliphatic rings. The number of thiophene rings is 1. The molecule has 0 aliphatic carbocycles. The number of anilines is 1. The molecule has 1 aromatic heterocycles. The van der Waals surface area contributed by atoms with Crippen molar-refractivity contribution >= 4 is 27.0 Å². The molecule has 18 heavy (non-hydrogen) atoms. The Hall–Kier alpha value is -1.37. The molecule has 0 atom stereocenters. The van der Waals surface area contributed by atoms with E-state index < -0.39 is 10.0 Å². The van der Waals surface area contributed by atoms with Gasteiger partial charge in [-0.2, -0.15) is 0 Å². The Labute approximate surface area is 111 Å². The van der Waals surface area contributed by atoms with Crippen LogP contribution in [-0.4, -0.2) is 8.42 Å². The van der Waals surface area contributed by atoms with Crippen LogP contribution in [0.3, 0.4) is 0 Å². The fourth-order valence-electron chi connectivity index (χ4n) is 1.54. The van der Waals surface area contributed by atoms with Crippen LogP contribution in [0.25, 0.3) is 0 Å². The van der Waals surface area contributed by atoms with Crippen LogP contribution >= 0.6 is 11.3 Å². The molecular formula is C12H14N2O2S2. The van der Waals surface area contributed by atoms with Gasteiger partial charge in [0, 0.05) is 17.6 Å². The molecule has 0 radical (unpaired) electrons. The zero-order valence-electron chi connectivity index (χ0n) is 9.88. The molecule has 96 valence electrons. The molecule has 1 aromatic carbocycles. The van der Waals surface area contributed by atoms with Crippen molar-refractivity contribution in [2.45, 2.75) is 17.7 Å². The van der Waals surface area contributed by atoms with Crippen molar-refractivity contribution in [2.24, 2.45) is 0 Å². The van der Waals surface area contributed by atoms with Crippen molar-refractivity contribution < 1.29 is 8.42 Å². The fraction of sp³-hybridized carbons (Fsp3) is 0.167. The quantitative estimate of drug-likeness (QED) is 0.902. The highest BCUT2D eigenvalue weighted by Crippen LogP contribution is 2.21. The zero-order valence-corrected chi connectivity index (χ0v) is 11.5. The van der Waals surface area contributed by atoms with Gasteiger partial charge in [0.05, 0.1) is 0 Å². The van der Waals surface area contributed by atoms with E-state index in [9.17, 15) is 8.42 Å². The molecule has 3 N–H and O–H groups in total. The number of aryl methyl sites for hydroxylation is 1. The molecule has 0 saturated carbocycles. The van der Waals surface area contributed by atoms with Crippen LogP contribution in [0.1, 0.15) is 11.1 Å². The second kappa shape index (κ2) is 5.09. The summed E-state index contributed by atoms with van der Waals surface area (Å²) >= 11 is 1.12. The van der Waals surface area contributed by atoms with E-state index in [4.69, 9.17) is 5.73 Å². The maximum atomic E-state index is 11.9. The third-order valence-corrected chi connectivity index (χ3v) is 5.27. The van der Waals surface area contributed by atoms with Crippen LogP contribution < -0.4 is 10.5 Å². The number of nitrogen functional groups attached to an aromatic ring is 1. The maximum Gasteiger partial charge on any atom is 0.250 e. The highest BCUT2D eigenvalue weighted by Gasteiger charge is 2.15. The van der Waals surface area contributed by atoms with Crippen LogP contribution in [0.2, 0.25) is 0 Å². The Morgan fingerprint density at radius 2 is 2.11 bits per heavy atom. The first-order valence-corrected chi connectivity index (χ1v) is 7.73. The van der Waals surface area contributed by atoms with Gasteiger partial charge >= 0.3 is 0 Å². The Morgan fingerprint density at radius 3 is 2.72 bits per heavy atom. The minimum atomic E-state index is -3.46. The summed E-state index contributed by atoms with van der Waals surface area (Å²) in [5, 5.41) is 1.61. The van der Waals surface area contributed by atoms with Crippen molar-refractivity contribution in [1.82, 2.24) is 4.72 Å². The lowest BCUT2D eigenvalue weighted by molar-refractivity contribution is 0.583. The zero-order chi connectivity index (χ0) is 13.2. The van der Waals surface area contributed by atoms with E-state index in [2.05, 4.69) is 4.72 Å². The summed E-state index contributed by atoms with van der Waals surface area (Å²) in [5.41, 5.74) is 8.03. The van der Waals surface area contributed by atoms with E-state index in [0.717, 1.165) is 22.5 Å². The van der Waals surface area contributed by atoms with Crippen LogP contribution in [-0.2, 0) is 16.6 Å². The second-order valence-corrected chi connectivity index (χ2v) is 6.92.